The molecule has 1 aliphatic carbocycles. The monoisotopic (exact) mass is 398 g/mol. The Labute approximate surface area is 170 Å². The van der Waals surface area contributed by atoms with Gasteiger partial charge in [0.15, 0.2) is 0 Å². The summed E-state index contributed by atoms with van der Waals surface area (Å²) in [5.41, 5.74) is 0.964. The van der Waals surface area contributed by atoms with Gasteiger partial charge in [0, 0.05) is 19.2 Å². The van der Waals surface area contributed by atoms with E-state index in [2.05, 4.69) is 25.8 Å². The van der Waals surface area contributed by atoms with Crippen LogP contribution in [0.4, 0.5) is 9.18 Å². The van der Waals surface area contributed by atoms with Crippen molar-refractivity contribution in [2.45, 2.75) is 58.6 Å². The predicted molar refractivity (Wildman–Crippen MR) is 107 cm³/mol. The molecule has 2 heterocycles. The molecule has 1 saturated carbocycles. The number of nitrogens with zero attached hydrogens (tertiary/aromatic N) is 4. The highest BCUT2D eigenvalue weighted by Gasteiger charge is 2.48. The molecular weight excluding hydrogens is 371 g/mol. The number of carbonyl (C=O) groups excluding carboxylic acids is 1. The molecule has 1 aliphatic heterocycles. The maximum Gasteiger partial charge on any atom is 0.410 e. The van der Waals surface area contributed by atoms with E-state index in [1.54, 1.807) is 12.4 Å². The van der Waals surface area contributed by atoms with E-state index >= 15 is 0 Å². The average molecular weight is 398 g/mol. The lowest BCUT2D eigenvalue weighted by molar-refractivity contribution is 0.00413. The van der Waals surface area contributed by atoms with Gasteiger partial charge in [0.25, 0.3) is 0 Å². The lowest BCUT2D eigenvalue weighted by atomic mass is 9.77. The van der Waals surface area contributed by atoms with Crippen LogP contribution in [0.1, 0.15) is 52.0 Å². The second-order valence-electron chi connectivity index (χ2n) is 9.76. The number of carbonyl (C=O) groups is 1. The molecule has 0 N–H and O–H groups in total. The van der Waals surface area contributed by atoms with Gasteiger partial charge in [-0.2, -0.15) is 5.26 Å². The van der Waals surface area contributed by atoms with Crippen LogP contribution in [0.5, 0.6) is 0 Å². The Hall–Kier alpha value is -2.62. The first kappa shape index (κ1) is 19.7. The molecule has 2 aromatic rings. The largest absolute Gasteiger partial charge is 0.441 e. The molecular formula is C22H27FN4O2. The third-order valence-electron chi connectivity index (χ3n) is 5.90. The van der Waals surface area contributed by atoms with Gasteiger partial charge in [-0.25, -0.2) is 14.2 Å². The first-order valence-electron chi connectivity index (χ1n) is 10.2. The van der Waals surface area contributed by atoms with E-state index in [1.807, 2.05) is 15.5 Å². The number of ether oxygens (including phenoxy) is 1. The standard InChI is InChI=1S/C22H27FN4O2/c1-21(2,3)12-27-13-22(29-20(27)28)6-4-5-15(9-22)11-26-14-25-18-8-17(23)16(10-24)7-19(18)26/h7-8,14-15H,4-6,9,11-13H2,1-3H3. The Kier molecular flexibility index (Phi) is 4.76. The normalized spacial score (nSPS) is 24.9. The fraction of sp³-hybridized carbons (Fsp3) is 0.591. The molecule has 29 heavy (non-hydrogen) atoms. The molecule has 1 aromatic heterocycles. The van der Waals surface area contributed by atoms with Crippen molar-refractivity contribution in [3.8, 4) is 6.07 Å². The van der Waals surface area contributed by atoms with E-state index in [0.717, 1.165) is 31.2 Å². The van der Waals surface area contributed by atoms with Gasteiger partial charge >= 0.3 is 6.09 Å². The van der Waals surface area contributed by atoms with Crippen molar-refractivity contribution in [2.24, 2.45) is 11.3 Å². The quantitative estimate of drug-likeness (QED) is 0.765. The van der Waals surface area contributed by atoms with Crippen LogP contribution in [0, 0.1) is 28.5 Å². The first-order valence-corrected chi connectivity index (χ1v) is 10.2. The molecule has 7 heteroatoms. The molecule has 1 spiro atoms. The Morgan fingerprint density at radius 1 is 1.41 bits per heavy atom. The number of amides is 1. The lowest BCUT2D eigenvalue weighted by Crippen LogP contribution is -2.41. The van der Waals surface area contributed by atoms with Crippen molar-refractivity contribution >= 4 is 17.1 Å². The highest BCUT2D eigenvalue weighted by atomic mass is 19.1. The average Bonchev–Trinajstić information content (AvgIpc) is 3.13. The van der Waals surface area contributed by atoms with E-state index < -0.39 is 11.4 Å². The summed E-state index contributed by atoms with van der Waals surface area (Å²) in [6.07, 6.45) is 5.26. The summed E-state index contributed by atoms with van der Waals surface area (Å²) in [7, 11) is 0. The molecule has 1 aromatic carbocycles. The van der Waals surface area contributed by atoms with Crippen molar-refractivity contribution < 1.29 is 13.9 Å². The third-order valence-corrected chi connectivity index (χ3v) is 5.90. The van der Waals surface area contributed by atoms with Crippen LogP contribution in [-0.4, -0.2) is 39.2 Å². The molecule has 2 unspecified atom stereocenters. The topological polar surface area (TPSA) is 71.2 Å². The maximum absolute atomic E-state index is 13.9. The summed E-state index contributed by atoms with van der Waals surface area (Å²) in [5.74, 6) is -0.210. The summed E-state index contributed by atoms with van der Waals surface area (Å²) in [6.45, 7) is 8.42. The van der Waals surface area contributed by atoms with Crippen LogP contribution >= 0.6 is 0 Å². The molecule has 0 radical (unpaired) electrons. The zero-order valence-electron chi connectivity index (χ0n) is 17.2. The van der Waals surface area contributed by atoms with Crippen molar-refractivity contribution in [1.82, 2.24) is 14.5 Å². The van der Waals surface area contributed by atoms with Gasteiger partial charge in [0.2, 0.25) is 0 Å². The second kappa shape index (κ2) is 7.01. The minimum absolute atomic E-state index is 0.0295. The maximum atomic E-state index is 13.9. The third kappa shape index (κ3) is 3.93. The predicted octanol–water partition coefficient (Wildman–Crippen LogP) is 4.47. The molecule has 0 bridgehead atoms. The van der Waals surface area contributed by atoms with Crippen molar-refractivity contribution in [1.29, 1.82) is 5.26 Å². The van der Waals surface area contributed by atoms with Crippen molar-refractivity contribution in [3.05, 3.63) is 29.8 Å². The molecule has 2 atom stereocenters. The fourth-order valence-electron chi connectivity index (χ4n) is 4.81. The molecule has 2 fully saturated rings. The summed E-state index contributed by atoms with van der Waals surface area (Å²) in [5, 5.41) is 9.12. The van der Waals surface area contributed by atoms with Gasteiger partial charge in [-0.1, -0.05) is 20.8 Å². The Balaban J connectivity index is 1.51. The number of nitriles is 1. The Morgan fingerprint density at radius 3 is 2.93 bits per heavy atom. The van der Waals surface area contributed by atoms with E-state index in [0.29, 0.717) is 31.1 Å². The summed E-state index contributed by atoms with van der Waals surface area (Å²) < 4.78 is 21.7. The van der Waals surface area contributed by atoms with E-state index in [4.69, 9.17) is 10.00 Å². The highest BCUT2D eigenvalue weighted by molar-refractivity contribution is 5.77. The first-order chi connectivity index (χ1) is 13.7. The van der Waals surface area contributed by atoms with Gasteiger partial charge in [-0.05, 0) is 43.1 Å². The molecule has 2 aliphatic rings. The number of rotatable bonds is 3. The second-order valence-corrected chi connectivity index (χ2v) is 9.76. The van der Waals surface area contributed by atoms with Gasteiger partial charge < -0.3 is 14.2 Å². The number of imidazole rings is 1. The lowest BCUT2D eigenvalue weighted by Gasteiger charge is -2.36. The minimum atomic E-state index is -0.543. The van der Waals surface area contributed by atoms with Gasteiger partial charge in [0.05, 0.1) is 29.5 Å². The van der Waals surface area contributed by atoms with Crippen LogP contribution in [0.25, 0.3) is 11.0 Å². The molecule has 154 valence electrons. The zero-order chi connectivity index (χ0) is 20.8. The van der Waals surface area contributed by atoms with E-state index in [9.17, 15) is 9.18 Å². The zero-order valence-corrected chi connectivity index (χ0v) is 17.2. The van der Waals surface area contributed by atoms with E-state index in [-0.39, 0.29) is 17.1 Å². The Bertz CT molecular complexity index is 987. The number of fused-ring (bicyclic) bond motifs is 1. The summed E-state index contributed by atoms with van der Waals surface area (Å²) >= 11 is 0. The van der Waals surface area contributed by atoms with Gasteiger partial charge in [-0.15, -0.1) is 0 Å². The number of benzene rings is 1. The number of hydrogen-bond acceptors (Lipinski definition) is 4. The SMILES string of the molecule is CC(C)(C)CN1CC2(CCCC(Cn3cnc4cc(F)c(C#N)cc43)C2)OC1=O. The smallest absolute Gasteiger partial charge is 0.410 e. The fourth-order valence-corrected chi connectivity index (χ4v) is 4.81. The number of halogens is 1. The Morgan fingerprint density at radius 2 is 2.21 bits per heavy atom. The molecule has 6 nitrogen and oxygen atoms in total. The summed E-state index contributed by atoms with van der Waals surface area (Å²) in [6, 6.07) is 4.78. The molecule has 1 amide bonds. The van der Waals surface area contributed by atoms with Gasteiger partial charge in [-0.3, -0.25) is 0 Å². The molecule has 4 rings (SSSR count). The van der Waals surface area contributed by atoms with Crippen LogP contribution in [0.3, 0.4) is 0 Å². The van der Waals surface area contributed by atoms with Crippen LogP contribution in [-0.2, 0) is 11.3 Å². The summed E-state index contributed by atoms with van der Waals surface area (Å²) in [4.78, 5) is 18.6. The van der Waals surface area contributed by atoms with E-state index in [1.165, 1.54) is 6.07 Å². The molecule has 1 saturated heterocycles. The minimum Gasteiger partial charge on any atom is -0.441 e. The van der Waals surface area contributed by atoms with Gasteiger partial charge in [0.1, 0.15) is 17.5 Å². The van der Waals surface area contributed by atoms with Crippen LogP contribution in [0.2, 0.25) is 0 Å². The van der Waals surface area contributed by atoms with Crippen LogP contribution in [0.15, 0.2) is 18.5 Å². The number of hydrogen-bond donors (Lipinski definition) is 0. The van der Waals surface area contributed by atoms with Crippen LogP contribution < -0.4 is 0 Å². The highest BCUT2D eigenvalue weighted by Crippen LogP contribution is 2.41. The van der Waals surface area contributed by atoms with Crippen molar-refractivity contribution in [2.75, 3.05) is 13.1 Å². The van der Waals surface area contributed by atoms with Crippen molar-refractivity contribution in [3.63, 3.8) is 0 Å². The number of aromatic nitrogens is 2.